The first kappa shape index (κ1) is 12.5. The minimum atomic E-state index is -4.83. The van der Waals surface area contributed by atoms with Crippen LogP contribution in [0.25, 0.3) is 11.2 Å². The van der Waals surface area contributed by atoms with Gasteiger partial charge in [0.15, 0.2) is 11.2 Å². The Balaban J connectivity index is 2.20. The van der Waals surface area contributed by atoms with Crippen LogP contribution in [0.4, 0.5) is 13.2 Å². The molecule has 3 heterocycles. The highest BCUT2D eigenvalue weighted by Gasteiger charge is 2.50. The van der Waals surface area contributed by atoms with Crippen molar-refractivity contribution in [2.45, 2.75) is 13.1 Å². The van der Waals surface area contributed by atoms with E-state index in [1.165, 1.54) is 6.92 Å². The third kappa shape index (κ3) is 1.44. The second kappa shape index (κ2) is 3.53. The van der Waals surface area contributed by atoms with Gasteiger partial charge in [0.1, 0.15) is 11.1 Å². The van der Waals surface area contributed by atoms with Crippen LogP contribution in [-0.4, -0.2) is 11.9 Å². The molecule has 2 aromatic heterocycles. The van der Waals surface area contributed by atoms with Gasteiger partial charge in [-0.25, -0.2) is 9.59 Å². The van der Waals surface area contributed by atoms with E-state index in [0.29, 0.717) is 0 Å². The number of ether oxygens (including phenoxy) is 2. The van der Waals surface area contributed by atoms with Gasteiger partial charge in [-0.05, 0) is 6.92 Å². The van der Waals surface area contributed by atoms with E-state index in [2.05, 4.69) is 11.3 Å². The van der Waals surface area contributed by atoms with E-state index < -0.39 is 40.6 Å². The number of fused-ring (bicyclic) bond motifs is 1. The van der Waals surface area contributed by atoms with Crippen LogP contribution in [-0.2, 0) is 11.0 Å². The van der Waals surface area contributed by atoms with Crippen molar-refractivity contribution in [2.24, 2.45) is 0 Å². The number of benzene rings is 1. The summed E-state index contributed by atoms with van der Waals surface area (Å²) >= 11 is 0. The summed E-state index contributed by atoms with van der Waals surface area (Å²) in [5, 5.41) is 0. The molecule has 8 heteroatoms. The number of rotatable bonds is 2. The molecule has 0 aliphatic carbocycles. The summed E-state index contributed by atoms with van der Waals surface area (Å²) in [6, 6.07) is 0. The normalized spacial score (nSPS) is 13.9. The van der Waals surface area contributed by atoms with Crippen molar-refractivity contribution in [1.29, 1.82) is 0 Å². The maximum atomic E-state index is 13.0. The molecular formula is C12H5F3O5. The Bertz CT molecular complexity index is 768. The molecule has 104 valence electrons. The van der Waals surface area contributed by atoms with Gasteiger partial charge in [0.25, 0.3) is 0 Å². The molecule has 0 saturated carbocycles. The highest BCUT2D eigenvalue weighted by molar-refractivity contribution is 6.13. The number of hydrogen-bond donors (Lipinski definition) is 0. The van der Waals surface area contributed by atoms with Gasteiger partial charge in [-0.1, -0.05) is 6.58 Å². The Labute approximate surface area is 108 Å². The first-order valence-corrected chi connectivity index (χ1v) is 5.30. The second-order valence-electron chi connectivity index (χ2n) is 4.23. The zero-order valence-corrected chi connectivity index (χ0v) is 9.88. The lowest BCUT2D eigenvalue weighted by atomic mass is 10.1. The Hall–Kier alpha value is -2.51. The van der Waals surface area contributed by atoms with E-state index in [9.17, 15) is 22.8 Å². The molecule has 0 spiro atoms. The summed E-state index contributed by atoms with van der Waals surface area (Å²) in [6.45, 7) is 4.63. The summed E-state index contributed by atoms with van der Waals surface area (Å²) < 4.78 is 53.2. The first-order chi connectivity index (χ1) is 9.21. The number of hydrogen-bond acceptors (Lipinski definition) is 5. The van der Waals surface area contributed by atoms with E-state index in [1.807, 2.05) is 0 Å². The molecule has 0 N–H and O–H groups in total. The van der Waals surface area contributed by atoms with E-state index in [-0.39, 0.29) is 16.9 Å². The quantitative estimate of drug-likeness (QED) is 0.482. The Morgan fingerprint density at radius 3 is 2.50 bits per heavy atom. The second-order valence-corrected chi connectivity index (χ2v) is 4.23. The van der Waals surface area contributed by atoms with Crippen molar-refractivity contribution in [3.8, 4) is 11.5 Å². The molecule has 0 saturated heterocycles. The predicted octanol–water partition coefficient (Wildman–Crippen LogP) is 2.90. The first-order valence-electron chi connectivity index (χ1n) is 5.30. The van der Waals surface area contributed by atoms with Crippen molar-refractivity contribution < 1.29 is 36.7 Å². The number of furan rings is 2. The molecule has 2 bridgehead atoms. The molecule has 0 radical (unpaired) electrons. The zero-order chi connectivity index (χ0) is 14.8. The van der Waals surface area contributed by atoms with Crippen LogP contribution in [0, 0.1) is 0 Å². The highest BCUT2D eigenvalue weighted by Crippen LogP contribution is 2.55. The maximum Gasteiger partial charge on any atom is 0.421 e. The van der Waals surface area contributed by atoms with Gasteiger partial charge in [-0.2, -0.15) is 13.2 Å². The topological polar surface area (TPSA) is 65.7 Å². The van der Waals surface area contributed by atoms with Crippen molar-refractivity contribution >= 4 is 23.1 Å². The van der Waals surface area contributed by atoms with Crippen LogP contribution < -0.4 is 9.47 Å². The van der Waals surface area contributed by atoms with Crippen LogP contribution >= 0.6 is 0 Å². The van der Waals surface area contributed by atoms with Gasteiger partial charge in [0.2, 0.25) is 11.5 Å². The van der Waals surface area contributed by atoms with E-state index in [4.69, 9.17) is 9.15 Å². The molecule has 2 aromatic rings. The molecular weight excluding hydrogens is 281 g/mol. The van der Waals surface area contributed by atoms with Crippen molar-refractivity contribution in [1.82, 2.24) is 0 Å². The lowest BCUT2D eigenvalue weighted by Crippen LogP contribution is -2.11. The monoisotopic (exact) mass is 286 g/mol. The molecule has 0 aromatic carbocycles. The third-order valence-corrected chi connectivity index (χ3v) is 2.75. The Morgan fingerprint density at radius 2 is 1.95 bits per heavy atom. The molecule has 3 rings (SSSR count). The number of esters is 2. The molecule has 0 fully saturated rings. The van der Waals surface area contributed by atoms with Crippen molar-refractivity contribution in [3.63, 3.8) is 0 Å². The van der Waals surface area contributed by atoms with Crippen LogP contribution in [0.1, 0.15) is 22.8 Å². The Morgan fingerprint density at radius 1 is 1.30 bits per heavy atom. The van der Waals surface area contributed by atoms with Gasteiger partial charge in [0, 0.05) is 5.57 Å². The molecule has 0 atom stereocenters. The van der Waals surface area contributed by atoms with E-state index in [0.717, 1.165) is 0 Å². The van der Waals surface area contributed by atoms with E-state index >= 15 is 0 Å². The fourth-order valence-corrected chi connectivity index (χ4v) is 1.93. The van der Waals surface area contributed by atoms with Gasteiger partial charge >= 0.3 is 18.1 Å². The van der Waals surface area contributed by atoms with E-state index in [1.54, 1.807) is 0 Å². The molecule has 1 aliphatic rings. The summed E-state index contributed by atoms with van der Waals surface area (Å²) in [6.07, 6.45) is -4.83. The van der Waals surface area contributed by atoms with Crippen molar-refractivity contribution in [3.05, 3.63) is 23.3 Å². The van der Waals surface area contributed by atoms with Crippen LogP contribution in [0.15, 0.2) is 16.6 Å². The molecule has 5 nitrogen and oxygen atoms in total. The number of halogens is 3. The van der Waals surface area contributed by atoms with Gasteiger partial charge in [0.05, 0.1) is 0 Å². The minimum absolute atomic E-state index is 0.0199. The van der Waals surface area contributed by atoms with Gasteiger partial charge < -0.3 is 13.9 Å². The standard InChI is InChI=1S/C12H5F3O5/c1-3(2)10(16)19-9-7-5(12(13,14)15)4-6(18-7)8(9)20-11(4)17/h1H2,2H3. The smallest absolute Gasteiger partial charge is 0.421 e. The van der Waals surface area contributed by atoms with Crippen LogP contribution in [0.3, 0.4) is 0 Å². The van der Waals surface area contributed by atoms with Gasteiger partial charge in [-0.3, -0.25) is 0 Å². The highest BCUT2D eigenvalue weighted by atomic mass is 19.4. The number of carbonyl (C=O) groups is 2. The summed E-state index contributed by atoms with van der Waals surface area (Å²) in [5.41, 5.74) is -3.07. The SMILES string of the molecule is C=C(C)C(=O)Oc1c2c3oc1c(C(F)(F)F)c3C(=O)O2. The number of alkyl halides is 3. The fourth-order valence-electron chi connectivity index (χ4n) is 1.93. The molecule has 0 unspecified atom stereocenters. The minimum Gasteiger partial charge on any atom is -0.448 e. The lowest BCUT2D eigenvalue weighted by Gasteiger charge is -2.06. The molecule has 20 heavy (non-hydrogen) atoms. The van der Waals surface area contributed by atoms with Gasteiger partial charge in [-0.15, -0.1) is 0 Å². The third-order valence-electron chi connectivity index (χ3n) is 2.75. The van der Waals surface area contributed by atoms with Crippen LogP contribution in [0.5, 0.6) is 11.5 Å². The van der Waals surface area contributed by atoms with Crippen molar-refractivity contribution in [2.75, 3.05) is 0 Å². The average Bonchev–Trinajstić information content (AvgIpc) is 2.90. The van der Waals surface area contributed by atoms with Crippen LogP contribution in [0.2, 0.25) is 0 Å². The lowest BCUT2D eigenvalue weighted by molar-refractivity contribution is -0.137. The maximum absolute atomic E-state index is 13.0. The summed E-state index contributed by atoms with van der Waals surface area (Å²) in [7, 11) is 0. The predicted molar refractivity (Wildman–Crippen MR) is 57.8 cm³/mol. The summed E-state index contributed by atoms with van der Waals surface area (Å²) in [4.78, 5) is 22.8. The Kier molecular flexibility index (Phi) is 2.21. The molecule has 0 amide bonds. The fraction of sp³-hybridized carbons (Fsp3) is 0.167. The summed E-state index contributed by atoms with van der Waals surface area (Å²) in [5.74, 6) is -2.97. The zero-order valence-electron chi connectivity index (χ0n) is 9.88. The largest absolute Gasteiger partial charge is 0.448 e. The number of carbonyl (C=O) groups excluding carboxylic acids is 2. The average molecular weight is 286 g/mol. The molecule has 1 aliphatic heterocycles.